The molecule has 0 saturated carbocycles. The van der Waals surface area contributed by atoms with Gasteiger partial charge in [-0.3, -0.25) is 4.79 Å². The fourth-order valence-corrected chi connectivity index (χ4v) is 6.95. The van der Waals surface area contributed by atoms with Crippen molar-refractivity contribution in [1.82, 2.24) is 0 Å². The minimum atomic E-state index is 0.00180. The van der Waals surface area contributed by atoms with E-state index in [0.29, 0.717) is 20.4 Å². The zero-order valence-electron chi connectivity index (χ0n) is 21.1. The molecule has 1 aliphatic rings. The Morgan fingerprint density at radius 2 is 1.84 bits per heavy atom. The lowest BCUT2D eigenvalue weighted by Crippen LogP contribution is -2.45. The molecule has 0 aromatic heterocycles. The van der Waals surface area contributed by atoms with Gasteiger partial charge in [0.2, 0.25) is 0 Å². The summed E-state index contributed by atoms with van der Waals surface area (Å²) in [5.74, 6) is 1.02. The smallest absolute Gasteiger partial charge is 0.160 e. The van der Waals surface area contributed by atoms with Crippen LogP contribution in [0.4, 0.5) is 0 Å². The van der Waals surface area contributed by atoms with Crippen molar-refractivity contribution in [3.8, 4) is 0 Å². The van der Waals surface area contributed by atoms with Crippen LogP contribution in [0.15, 0.2) is 47.6 Å². The molecule has 0 aliphatic heterocycles. The minimum Gasteiger partial charge on any atom is -0.376 e. The predicted octanol–water partition coefficient (Wildman–Crippen LogP) is 7.34. The van der Waals surface area contributed by atoms with E-state index in [1.165, 1.54) is 16.5 Å². The number of Topliss-reactive ketones (excluding diaryl/α,β-unsaturated/α-hetero) is 1. The number of ether oxygens (including phenoxy) is 1. The van der Waals surface area contributed by atoms with Gasteiger partial charge in [-0.25, -0.2) is 0 Å². The first-order valence-corrected chi connectivity index (χ1v) is 12.9. The molecular weight excluding hydrogens is 399 g/mol. The highest BCUT2D eigenvalue weighted by atomic mass is 31.1. The second-order valence-electron chi connectivity index (χ2n) is 10.1. The number of benzene rings is 1. The van der Waals surface area contributed by atoms with Gasteiger partial charge in [-0.1, -0.05) is 98.5 Å². The number of rotatable bonds is 10. The number of carbonyl (C=O) groups excluding carboxylic acids is 1. The number of hydrogen-bond acceptors (Lipinski definition) is 2. The Balaban J connectivity index is 2.64. The lowest BCUT2D eigenvalue weighted by atomic mass is 9.63. The summed E-state index contributed by atoms with van der Waals surface area (Å²) in [5, 5.41) is 1.19. The van der Waals surface area contributed by atoms with Gasteiger partial charge in [0, 0.05) is 23.7 Å². The lowest BCUT2D eigenvalue weighted by Gasteiger charge is -2.48. The van der Waals surface area contributed by atoms with Gasteiger partial charge in [-0.05, 0) is 48.9 Å². The number of carbonyl (C=O) groups is 1. The van der Waals surface area contributed by atoms with E-state index >= 15 is 0 Å². The third-order valence-corrected chi connectivity index (χ3v) is 9.65. The van der Waals surface area contributed by atoms with Crippen LogP contribution in [0.3, 0.4) is 0 Å². The van der Waals surface area contributed by atoms with Crippen LogP contribution in [0.5, 0.6) is 0 Å². The Kier molecular flexibility index (Phi) is 8.88. The molecule has 0 amide bonds. The molecule has 0 saturated heterocycles. The van der Waals surface area contributed by atoms with Gasteiger partial charge >= 0.3 is 0 Å². The fourth-order valence-electron chi connectivity index (χ4n) is 4.95. The van der Waals surface area contributed by atoms with E-state index in [4.69, 9.17) is 4.74 Å². The van der Waals surface area contributed by atoms with Crippen molar-refractivity contribution in [1.29, 1.82) is 0 Å². The first kappa shape index (κ1) is 26.0. The monoisotopic (exact) mass is 442 g/mol. The Bertz CT molecular complexity index is 833. The molecule has 4 unspecified atom stereocenters. The van der Waals surface area contributed by atoms with Crippen LogP contribution < -0.4 is 5.30 Å². The Labute approximate surface area is 192 Å². The van der Waals surface area contributed by atoms with E-state index in [1.54, 1.807) is 6.92 Å². The molecule has 0 radical (unpaired) electrons. The van der Waals surface area contributed by atoms with Crippen molar-refractivity contribution in [2.45, 2.75) is 85.9 Å². The summed E-state index contributed by atoms with van der Waals surface area (Å²) in [4.78, 5) is 12.4. The average molecular weight is 443 g/mol. The van der Waals surface area contributed by atoms with Crippen molar-refractivity contribution in [3.05, 3.63) is 53.1 Å². The number of ketones is 1. The molecule has 2 nitrogen and oxygen atoms in total. The van der Waals surface area contributed by atoms with E-state index in [1.807, 2.05) is 19.2 Å². The third-order valence-electron chi connectivity index (χ3n) is 7.57. The summed E-state index contributed by atoms with van der Waals surface area (Å²) in [6.07, 6.45) is 8.13. The fraction of sp³-hybridized carbons (Fsp3) is 0.607. The summed E-state index contributed by atoms with van der Waals surface area (Å²) in [6, 6.07) is 8.18. The highest BCUT2D eigenvalue weighted by molar-refractivity contribution is 7.49. The molecule has 1 aromatic rings. The maximum absolute atomic E-state index is 12.4. The SMILES string of the molecule is CCCC(CC)(Pc1ccccc1C(C)=O)C1=CC(C)=CC(C(C)(C)C(C)C)C1OC. The van der Waals surface area contributed by atoms with Crippen molar-refractivity contribution in [2.75, 3.05) is 7.11 Å². The van der Waals surface area contributed by atoms with Crippen LogP contribution in [-0.4, -0.2) is 24.2 Å². The minimum absolute atomic E-state index is 0.00180. The molecule has 2 rings (SSSR count). The lowest BCUT2D eigenvalue weighted by molar-refractivity contribution is 0.0192. The molecule has 0 heterocycles. The molecule has 172 valence electrons. The van der Waals surface area contributed by atoms with Crippen LogP contribution in [-0.2, 0) is 4.74 Å². The summed E-state index contributed by atoms with van der Waals surface area (Å²) in [5.41, 5.74) is 3.75. The average Bonchev–Trinajstić information content (AvgIpc) is 2.72. The maximum atomic E-state index is 12.4. The van der Waals surface area contributed by atoms with Crippen LogP contribution in [0.2, 0.25) is 0 Å². The van der Waals surface area contributed by atoms with E-state index in [-0.39, 0.29) is 22.5 Å². The van der Waals surface area contributed by atoms with E-state index < -0.39 is 0 Å². The van der Waals surface area contributed by atoms with E-state index in [9.17, 15) is 4.79 Å². The predicted molar refractivity (Wildman–Crippen MR) is 137 cm³/mol. The zero-order chi connectivity index (χ0) is 23.4. The normalized spacial score (nSPS) is 21.9. The summed E-state index contributed by atoms with van der Waals surface area (Å²) in [7, 11) is 2.42. The highest BCUT2D eigenvalue weighted by Gasteiger charge is 2.45. The van der Waals surface area contributed by atoms with Crippen molar-refractivity contribution < 1.29 is 9.53 Å². The Morgan fingerprint density at radius 3 is 2.35 bits per heavy atom. The first-order chi connectivity index (χ1) is 14.5. The molecule has 31 heavy (non-hydrogen) atoms. The molecule has 1 aliphatic carbocycles. The largest absolute Gasteiger partial charge is 0.376 e. The van der Waals surface area contributed by atoms with Gasteiger partial charge in [0.25, 0.3) is 0 Å². The van der Waals surface area contributed by atoms with Gasteiger partial charge in [-0.2, -0.15) is 0 Å². The number of allylic oxidation sites excluding steroid dienone is 2. The molecule has 0 spiro atoms. The van der Waals surface area contributed by atoms with E-state index in [2.05, 4.69) is 72.8 Å². The Morgan fingerprint density at radius 1 is 1.19 bits per heavy atom. The second kappa shape index (κ2) is 10.6. The van der Waals surface area contributed by atoms with Gasteiger partial charge in [-0.15, -0.1) is 0 Å². The molecular formula is C28H43O2P. The van der Waals surface area contributed by atoms with Crippen molar-refractivity contribution in [3.63, 3.8) is 0 Å². The quantitative estimate of drug-likeness (QED) is 0.280. The van der Waals surface area contributed by atoms with Crippen LogP contribution in [0.25, 0.3) is 0 Å². The Hall–Kier alpha value is -1.24. The zero-order valence-corrected chi connectivity index (χ0v) is 22.1. The van der Waals surface area contributed by atoms with Crippen LogP contribution in [0.1, 0.15) is 85.0 Å². The maximum Gasteiger partial charge on any atom is 0.160 e. The van der Waals surface area contributed by atoms with E-state index in [0.717, 1.165) is 24.8 Å². The van der Waals surface area contributed by atoms with Gasteiger partial charge in [0.05, 0.1) is 6.10 Å². The summed E-state index contributed by atoms with van der Waals surface area (Å²) < 4.78 is 6.30. The standard InChI is InChI=1S/C28H43O2P/c1-10-16-28(11-2,31-25-15-13-12-14-22(25)21(6)29)24-18-20(5)17-23(26(24)30-9)27(7,8)19(3)4/h12-15,17-19,23,26,31H,10-11,16H2,1-9H3. The first-order valence-electron chi connectivity index (χ1n) is 11.9. The molecule has 0 fully saturated rings. The van der Waals surface area contributed by atoms with Gasteiger partial charge in [0.15, 0.2) is 5.78 Å². The number of hydrogen-bond donors (Lipinski definition) is 0. The molecule has 1 aromatic carbocycles. The third kappa shape index (κ3) is 5.40. The van der Waals surface area contributed by atoms with Crippen molar-refractivity contribution >= 4 is 19.7 Å². The second-order valence-corrected chi connectivity index (χ2v) is 11.8. The van der Waals surface area contributed by atoms with Gasteiger partial charge < -0.3 is 4.74 Å². The summed E-state index contributed by atoms with van der Waals surface area (Å²) >= 11 is 0. The van der Waals surface area contributed by atoms with Gasteiger partial charge in [0.1, 0.15) is 0 Å². The molecule has 0 N–H and O–H groups in total. The van der Waals surface area contributed by atoms with Crippen molar-refractivity contribution in [2.24, 2.45) is 17.3 Å². The molecule has 4 atom stereocenters. The molecule has 0 bridgehead atoms. The molecule has 3 heteroatoms. The highest BCUT2D eigenvalue weighted by Crippen LogP contribution is 2.52. The van der Waals surface area contributed by atoms with Crippen LogP contribution >= 0.6 is 8.58 Å². The van der Waals surface area contributed by atoms with Crippen LogP contribution in [0, 0.1) is 17.3 Å². The number of methoxy groups -OCH3 is 1. The summed E-state index contributed by atoms with van der Waals surface area (Å²) in [6.45, 7) is 17.9. The topological polar surface area (TPSA) is 26.3 Å².